The molecule has 0 saturated heterocycles. The Bertz CT molecular complexity index is 743. The molecule has 2 rings (SSSR count). The van der Waals surface area contributed by atoms with Crippen LogP contribution in [0.5, 0.6) is 11.5 Å². The van der Waals surface area contributed by atoms with Gasteiger partial charge < -0.3 is 20.1 Å². The van der Waals surface area contributed by atoms with Gasteiger partial charge in [0.1, 0.15) is 11.5 Å². The first-order valence-corrected chi connectivity index (χ1v) is 8.80. The predicted molar refractivity (Wildman–Crippen MR) is 105 cm³/mol. The molecule has 2 amide bonds. The van der Waals surface area contributed by atoms with Gasteiger partial charge in [-0.2, -0.15) is 0 Å². The van der Waals surface area contributed by atoms with E-state index in [1.807, 2.05) is 37.3 Å². The second kappa shape index (κ2) is 11.4. The SMILES string of the molecule is CCOc1ccc(OCC(=O)NCCNC(=O)/C=C/c2ccccc2)cc1. The summed E-state index contributed by atoms with van der Waals surface area (Å²) in [5.74, 6) is 0.885. The number of benzene rings is 2. The van der Waals surface area contributed by atoms with Crippen molar-refractivity contribution in [3.63, 3.8) is 0 Å². The first-order valence-electron chi connectivity index (χ1n) is 8.80. The van der Waals surface area contributed by atoms with Crippen molar-refractivity contribution in [2.75, 3.05) is 26.3 Å². The summed E-state index contributed by atoms with van der Waals surface area (Å²) in [4.78, 5) is 23.5. The van der Waals surface area contributed by atoms with Gasteiger partial charge in [-0.1, -0.05) is 30.3 Å². The molecule has 0 fully saturated rings. The smallest absolute Gasteiger partial charge is 0.258 e. The first kappa shape index (κ1) is 20.0. The summed E-state index contributed by atoms with van der Waals surface area (Å²) < 4.78 is 10.7. The molecule has 6 heteroatoms. The second-order valence-electron chi connectivity index (χ2n) is 5.58. The van der Waals surface area contributed by atoms with Crippen LogP contribution in [0.2, 0.25) is 0 Å². The maximum atomic E-state index is 11.8. The molecule has 142 valence electrons. The zero-order valence-corrected chi connectivity index (χ0v) is 15.3. The van der Waals surface area contributed by atoms with Gasteiger partial charge in [0.25, 0.3) is 5.91 Å². The van der Waals surface area contributed by atoms with Gasteiger partial charge in [-0.3, -0.25) is 9.59 Å². The Morgan fingerprint density at radius 1 is 0.889 bits per heavy atom. The number of ether oxygens (including phenoxy) is 2. The molecular formula is C21H24N2O4. The number of nitrogens with one attached hydrogen (secondary N) is 2. The highest BCUT2D eigenvalue weighted by Gasteiger charge is 2.03. The van der Waals surface area contributed by atoms with Crippen molar-refractivity contribution in [2.24, 2.45) is 0 Å². The Hall–Kier alpha value is -3.28. The van der Waals surface area contributed by atoms with Gasteiger partial charge >= 0.3 is 0 Å². The van der Waals surface area contributed by atoms with Crippen LogP contribution < -0.4 is 20.1 Å². The van der Waals surface area contributed by atoms with Crippen LogP contribution in [-0.4, -0.2) is 38.1 Å². The molecule has 2 N–H and O–H groups in total. The maximum absolute atomic E-state index is 11.8. The largest absolute Gasteiger partial charge is 0.494 e. The predicted octanol–water partition coefficient (Wildman–Crippen LogP) is 2.41. The van der Waals surface area contributed by atoms with E-state index in [0.29, 0.717) is 25.4 Å². The Labute approximate surface area is 159 Å². The lowest BCUT2D eigenvalue weighted by molar-refractivity contribution is -0.123. The van der Waals surface area contributed by atoms with E-state index in [0.717, 1.165) is 11.3 Å². The summed E-state index contributed by atoms with van der Waals surface area (Å²) in [5, 5.41) is 5.39. The van der Waals surface area contributed by atoms with Crippen molar-refractivity contribution in [3.8, 4) is 11.5 Å². The van der Waals surface area contributed by atoms with Crippen molar-refractivity contribution in [1.82, 2.24) is 10.6 Å². The third-order valence-corrected chi connectivity index (χ3v) is 3.48. The molecule has 0 aliphatic carbocycles. The molecule has 0 aromatic heterocycles. The molecule has 0 saturated carbocycles. The monoisotopic (exact) mass is 368 g/mol. The van der Waals surface area contributed by atoms with Crippen LogP contribution in [0.15, 0.2) is 60.7 Å². The Balaban J connectivity index is 1.59. The summed E-state index contributed by atoms with van der Waals surface area (Å²) >= 11 is 0. The van der Waals surface area contributed by atoms with Crippen molar-refractivity contribution in [1.29, 1.82) is 0 Å². The number of hydrogen-bond acceptors (Lipinski definition) is 4. The summed E-state index contributed by atoms with van der Waals surface area (Å²) in [6.07, 6.45) is 3.20. The lowest BCUT2D eigenvalue weighted by Gasteiger charge is -2.08. The molecule has 2 aromatic rings. The first-order chi connectivity index (χ1) is 13.2. The minimum atomic E-state index is -0.252. The standard InChI is InChI=1S/C21H24N2O4/c1-2-26-18-9-11-19(12-10-18)27-16-21(25)23-15-14-22-20(24)13-8-17-6-4-3-5-7-17/h3-13H,2,14-16H2,1H3,(H,22,24)(H,23,25)/b13-8+. The van der Waals surface area contributed by atoms with Crippen LogP contribution in [-0.2, 0) is 9.59 Å². The van der Waals surface area contributed by atoms with Crippen LogP contribution in [0.3, 0.4) is 0 Å². The van der Waals surface area contributed by atoms with Crippen LogP contribution in [0.25, 0.3) is 6.08 Å². The van der Waals surface area contributed by atoms with E-state index in [-0.39, 0.29) is 18.4 Å². The van der Waals surface area contributed by atoms with E-state index in [2.05, 4.69) is 10.6 Å². The molecule has 0 bridgehead atoms. The third kappa shape index (κ3) is 8.09. The van der Waals surface area contributed by atoms with Crippen molar-refractivity contribution >= 4 is 17.9 Å². The van der Waals surface area contributed by atoms with Gasteiger partial charge in [0.05, 0.1) is 6.61 Å². The quantitative estimate of drug-likeness (QED) is 0.499. The molecule has 27 heavy (non-hydrogen) atoms. The lowest BCUT2D eigenvalue weighted by atomic mass is 10.2. The van der Waals surface area contributed by atoms with Gasteiger partial charge in [0.2, 0.25) is 5.91 Å². The van der Waals surface area contributed by atoms with Crippen LogP contribution in [0.4, 0.5) is 0 Å². The van der Waals surface area contributed by atoms with Crippen LogP contribution in [0, 0.1) is 0 Å². The van der Waals surface area contributed by atoms with Gasteiger partial charge in [0.15, 0.2) is 6.61 Å². The molecule has 2 aromatic carbocycles. The molecule has 0 radical (unpaired) electrons. The Morgan fingerprint density at radius 3 is 2.19 bits per heavy atom. The average Bonchev–Trinajstić information content (AvgIpc) is 2.70. The van der Waals surface area contributed by atoms with Crippen LogP contribution in [0.1, 0.15) is 12.5 Å². The summed E-state index contributed by atoms with van der Waals surface area (Å²) in [7, 11) is 0. The van der Waals surface area contributed by atoms with Crippen LogP contribution >= 0.6 is 0 Å². The fourth-order valence-electron chi connectivity index (χ4n) is 2.18. The fourth-order valence-corrected chi connectivity index (χ4v) is 2.18. The number of amides is 2. The summed E-state index contributed by atoms with van der Waals surface area (Å²) in [6, 6.07) is 16.6. The van der Waals surface area contributed by atoms with Gasteiger partial charge in [-0.25, -0.2) is 0 Å². The highest BCUT2D eigenvalue weighted by atomic mass is 16.5. The third-order valence-electron chi connectivity index (χ3n) is 3.48. The van der Waals surface area contributed by atoms with Gasteiger partial charge in [-0.05, 0) is 42.8 Å². The normalized spacial score (nSPS) is 10.4. The highest BCUT2D eigenvalue weighted by molar-refractivity contribution is 5.91. The van der Waals surface area contributed by atoms with Gasteiger partial charge in [-0.15, -0.1) is 0 Å². The fraction of sp³-hybridized carbons (Fsp3) is 0.238. The Morgan fingerprint density at radius 2 is 1.52 bits per heavy atom. The number of rotatable bonds is 10. The number of hydrogen-bond donors (Lipinski definition) is 2. The molecule has 0 spiro atoms. The molecule has 6 nitrogen and oxygen atoms in total. The van der Waals surface area contributed by atoms with E-state index < -0.39 is 0 Å². The molecule has 0 atom stereocenters. The lowest BCUT2D eigenvalue weighted by Crippen LogP contribution is -2.36. The minimum absolute atomic E-state index is 0.0875. The summed E-state index contributed by atoms with van der Waals surface area (Å²) in [5.41, 5.74) is 0.951. The Kier molecular flexibility index (Phi) is 8.43. The molecule has 0 aliphatic rings. The molecular weight excluding hydrogens is 344 g/mol. The molecule has 0 heterocycles. The average molecular weight is 368 g/mol. The van der Waals surface area contributed by atoms with E-state index in [4.69, 9.17) is 9.47 Å². The topological polar surface area (TPSA) is 76.7 Å². The summed E-state index contributed by atoms with van der Waals surface area (Å²) in [6.45, 7) is 3.09. The molecule has 0 aliphatic heterocycles. The van der Waals surface area contributed by atoms with Crippen molar-refractivity contribution in [3.05, 3.63) is 66.2 Å². The molecule has 0 unspecified atom stereocenters. The minimum Gasteiger partial charge on any atom is -0.494 e. The van der Waals surface area contributed by atoms with E-state index in [1.165, 1.54) is 6.08 Å². The zero-order valence-electron chi connectivity index (χ0n) is 15.3. The number of carbonyl (C=O) groups is 2. The van der Waals surface area contributed by atoms with Crippen molar-refractivity contribution < 1.29 is 19.1 Å². The van der Waals surface area contributed by atoms with Gasteiger partial charge in [0, 0.05) is 19.2 Å². The highest BCUT2D eigenvalue weighted by Crippen LogP contribution is 2.17. The second-order valence-corrected chi connectivity index (χ2v) is 5.58. The van der Waals surface area contributed by atoms with E-state index >= 15 is 0 Å². The zero-order chi connectivity index (χ0) is 19.3. The van der Waals surface area contributed by atoms with E-state index in [1.54, 1.807) is 30.3 Å². The van der Waals surface area contributed by atoms with E-state index in [9.17, 15) is 9.59 Å². The number of carbonyl (C=O) groups excluding carboxylic acids is 2. The van der Waals surface area contributed by atoms with Crippen molar-refractivity contribution in [2.45, 2.75) is 6.92 Å². The maximum Gasteiger partial charge on any atom is 0.258 e.